The quantitative estimate of drug-likeness (QED) is 0.169. The number of carbonyl (C=O) groups is 4. The molecule has 0 bridgehead atoms. The van der Waals surface area contributed by atoms with Crippen molar-refractivity contribution in [3.05, 3.63) is 33.5 Å². The van der Waals surface area contributed by atoms with Crippen LogP contribution in [0.4, 0.5) is 9.59 Å². The van der Waals surface area contributed by atoms with Gasteiger partial charge in [-0.15, -0.1) is 22.7 Å². The minimum absolute atomic E-state index is 0.116. The van der Waals surface area contributed by atoms with Crippen LogP contribution in [0.2, 0.25) is 0 Å². The van der Waals surface area contributed by atoms with Crippen LogP contribution >= 0.6 is 22.7 Å². The van der Waals surface area contributed by atoms with E-state index in [2.05, 4.69) is 58.1 Å². The number of methoxy groups -OCH3 is 2. The Kier molecular flexibility index (Phi) is 11.5. The summed E-state index contributed by atoms with van der Waals surface area (Å²) in [6, 6.07) is 2.02. The summed E-state index contributed by atoms with van der Waals surface area (Å²) >= 11 is 2.91. The normalized spacial score (nSPS) is 20.8. The van der Waals surface area contributed by atoms with Crippen LogP contribution in [0.25, 0.3) is 20.7 Å². The van der Waals surface area contributed by atoms with Gasteiger partial charge in [0.05, 0.1) is 47.1 Å². The Hall–Kier alpha value is -5.06. The minimum atomic E-state index is -0.702. The summed E-state index contributed by atoms with van der Waals surface area (Å²) in [6.07, 6.45) is 0.261. The van der Waals surface area contributed by atoms with Crippen molar-refractivity contribution in [2.75, 3.05) is 27.3 Å². The molecule has 54 heavy (non-hydrogen) atoms. The first-order valence-electron chi connectivity index (χ1n) is 18.1. The van der Waals surface area contributed by atoms with Crippen LogP contribution in [-0.2, 0) is 19.1 Å². The number of nitrogens with zero attached hydrogens (tertiary/aromatic N) is 4. The van der Waals surface area contributed by atoms with E-state index < -0.39 is 24.3 Å². The molecule has 4 amide bonds. The third-order valence-corrected chi connectivity index (χ3v) is 11.7. The molecular formula is C38H46N8O6S2. The number of rotatable bonds is 8. The SMILES string of the molecule is COC(=O)N[C@H](C(=O)N1C[C@@H](C)CC1c1nc2sc(C#CC#Cc3cc4[nH]c(C5C[C@H](C)CN5C(=O)[C@@H](NC(=O)OC)C(C)C)nc4s3)cc2[nH]1)C(C)C. The maximum atomic E-state index is 13.6. The Bertz CT molecular complexity index is 1960. The number of hydrogen-bond donors (Lipinski definition) is 4. The fourth-order valence-corrected chi connectivity index (χ4v) is 8.84. The molecule has 0 aliphatic carbocycles. The molecule has 4 aromatic rings. The Balaban J connectivity index is 1.12. The van der Waals surface area contributed by atoms with Gasteiger partial charge in [-0.25, -0.2) is 19.6 Å². The predicted octanol–water partition coefficient (Wildman–Crippen LogP) is 5.55. The van der Waals surface area contributed by atoms with E-state index >= 15 is 0 Å². The van der Waals surface area contributed by atoms with Crippen LogP contribution in [-0.4, -0.2) is 93.1 Å². The van der Waals surface area contributed by atoms with Gasteiger partial charge in [0.1, 0.15) is 33.4 Å². The monoisotopic (exact) mass is 774 g/mol. The van der Waals surface area contributed by atoms with Crippen molar-refractivity contribution in [1.82, 2.24) is 40.4 Å². The molecule has 0 spiro atoms. The van der Waals surface area contributed by atoms with Gasteiger partial charge >= 0.3 is 12.2 Å². The zero-order chi connectivity index (χ0) is 38.8. The van der Waals surface area contributed by atoms with Crippen LogP contribution < -0.4 is 10.6 Å². The second-order valence-corrected chi connectivity index (χ2v) is 16.9. The van der Waals surface area contributed by atoms with Crippen molar-refractivity contribution in [2.24, 2.45) is 23.7 Å². The van der Waals surface area contributed by atoms with Gasteiger partial charge in [-0.3, -0.25) is 9.59 Å². The molecule has 2 aliphatic rings. The molecule has 16 heteroatoms. The molecule has 2 saturated heterocycles. The van der Waals surface area contributed by atoms with Gasteiger partial charge in [0, 0.05) is 13.1 Å². The molecule has 14 nitrogen and oxygen atoms in total. The molecule has 2 fully saturated rings. The predicted molar refractivity (Wildman–Crippen MR) is 207 cm³/mol. The Morgan fingerprint density at radius 3 is 1.46 bits per heavy atom. The Morgan fingerprint density at radius 2 is 1.13 bits per heavy atom. The van der Waals surface area contributed by atoms with Crippen LogP contribution in [0, 0.1) is 47.4 Å². The average molecular weight is 775 g/mol. The lowest BCUT2D eigenvalue weighted by Gasteiger charge is -2.30. The second kappa shape index (κ2) is 16.1. The zero-order valence-corrected chi connectivity index (χ0v) is 33.3. The number of alkyl carbamates (subject to hydrolysis) is 2. The lowest BCUT2D eigenvalue weighted by Crippen LogP contribution is -2.51. The molecule has 2 aliphatic heterocycles. The molecule has 0 saturated carbocycles. The summed E-state index contributed by atoms with van der Waals surface area (Å²) in [5.41, 5.74) is 1.69. The molecular weight excluding hydrogens is 729 g/mol. The second-order valence-electron chi connectivity index (χ2n) is 14.8. The van der Waals surface area contributed by atoms with E-state index in [1.54, 1.807) is 0 Å². The number of aromatic nitrogens is 4. The molecule has 2 unspecified atom stereocenters. The fourth-order valence-electron chi connectivity index (χ4n) is 7.14. The summed E-state index contributed by atoms with van der Waals surface area (Å²) in [6.45, 7) is 12.9. The summed E-state index contributed by atoms with van der Waals surface area (Å²) in [5.74, 6) is 13.6. The highest BCUT2D eigenvalue weighted by atomic mass is 32.1. The third kappa shape index (κ3) is 8.20. The number of likely N-dealkylation sites (tertiary alicyclic amines) is 2. The third-order valence-electron chi connectivity index (χ3n) is 9.83. The van der Waals surface area contributed by atoms with E-state index in [1.165, 1.54) is 36.9 Å². The van der Waals surface area contributed by atoms with E-state index in [4.69, 9.17) is 19.4 Å². The summed E-state index contributed by atoms with van der Waals surface area (Å²) in [4.78, 5) is 74.5. The highest BCUT2D eigenvalue weighted by Gasteiger charge is 2.41. The number of imidazole rings is 2. The van der Waals surface area contributed by atoms with Crippen LogP contribution in [0.3, 0.4) is 0 Å². The molecule has 0 aromatic carbocycles. The Morgan fingerprint density at radius 1 is 0.741 bits per heavy atom. The van der Waals surface area contributed by atoms with Crippen molar-refractivity contribution in [3.63, 3.8) is 0 Å². The molecule has 4 N–H and O–H groups in total. The van der Waals surface area contributed by atoms with Crippen LogP contribution in [0.1, 0.15) is 87.9 Å². The van der Waals surface area contributed by atoms with Crippen molar-refractivity contribution < 1.29 is 28.7 Å². The molecule has 6 heterocycles. The van der Waals surface area contributed by atoms with E-state index in [0.29, 0.717) is 13.1 Å². The van der Waals surface area contributed by atoms with Crippen LogP contribution in [0.15, 0.2) is 12.1 Å². The van der Waals surface area contributed by atoms with Crippen LogP contribution in [0.5, 0.6) is 0 Å². The van der Waals surface area contributed by atoms with Crippen molar-refractivity contribution >= 4 is 67.4 Å². The fraction of sp³-hybridized carbons (Fsp3) is 0.526. The lowest BCUT2D eigenvalue weighted by molar-refractivity contribution is -0.136. The molecule has 6 atom stereocenters. The van der Waals surface area contributed by atoms with Crippen molar-refractivity contribution in [1.29, 1.82) is 0 Å². The maximum Gasteiger partial charge on any atom is 0.407 e. The average Bonchev–Trinajstić information content (AvgIpc) is 3.97. The van der Waals surface area contributed by atoms with Crippen molar-refractivity contribution in [3.8, 4) is 23.7 Å². The standard InChI is InChI=1S/C38H46N8O6S2/c1-19(2)29(41-37(49)51-7)35(47)45-17-21(5)13-27(45)31-39-25-15-23(53-33(25)43-31)11-9-10-12-24-16-26-34(54-24)44-32(40-26)28-14-22(6)18-46(28)36(48)30(20(3)4)42-38(50)52-8/h15-16,19-22,27-30H,13-14,17-18H2,1-8H3,(H,39,43)(H,40,44)(H,41,49)(H,42,50)/t21-,22-,27?,28?,29-,30-/m0/s1. The number of amides is 4. The molecule has 6 rings (SSSR count). The summed E-state index contributed by atoms with van der Waals surface area (Å²) < 4.78 is 9.51. The maximum absolute atomic E-state index is 13.6. The van der Waals surface area contributed by atoms with Gasteiger partial charge in [0.25, 0.3) is 0 Å². The molecule has 286 valence electrons. The number of thiophene rings is 2. The number of aromatic amines is 2. The molecule has 4 aromatic heterocycles. The van der Waals surface area contributed by atoms with E-state index in [0.717, 1.165) is 54.9 Å². The first-order valence-corrected chi connectivity index (χ1v) is 19.7. The van der Waals surface area contributed by atoms with Gasteiger partial charge < -0.3 is 39.9 Å². The Labute approximate surface area is 322 Å². The topological polar surface area (TPSA) is 175 Å². The largest absolute Gasteiger partial charge is 0.453 e. The smallest absolute Gasteiger partial charge is 0.407 e. The first kappa shape index (κ1) is 38.7. The van der Waals surface area contributed by atoms with E-state index in [-0.39, 0.29) is 47.6 Å². The minimum Gasteiger partial charge on any atom is -0.453 e. The van der Waals surface area contributed by atoms with Gasteiger partial charge in [-0.05, 0) is 72.3 Å². The van der Waals surface area contributed by atoms with Gasteiger partial charge in [-0.2, -0.15) is 0 Å². The van der Waals surface area contributed by atoms with Crippen molar-refractivity contribution in [2.45, 2.75) is 78.6 Å². The highest BCUT2D eigenvalue weighted by Crippen LogP contribution is 2.38. The lowest BCUT2D eigenvalue weighted by atomic mass is 10.0. The number of H-pyrrole nitrogens is 2. The van der Waals surface area contributed by atoms with E-state index in [1.807, 2.05) is 49.6 Å². The van der Waals surface area contributed by atoms with Gasteiger partial charge in [0.2, 0.25) is 11.8 Å². The van der Waals surface area contributed by atoms with Gasteiger partial charge in [0.15, 0.2) is 0 Å². The number of carbonyl (C=O) groups excluding carboxylic acids is 4. The number of fused-ring (bicyclic) bond motifs is 2. The zero-order valence-electron chi connectivity index (χ0n) is 31.7. The first-order chi connectivity index (χ1) is 25.8. The number of nitrogens with one attached hydrogen (secondary N) is 4. The molecule has 0 radical (unpaired) electrons. The number of hydrogen-bond acceptors (Lipinski definition) is 10. The summed E-state index contributed by atoms with van der Waals surface area (Å²) in [5, 5.41) is 5.39. The van der Waals surface area contributed by atoms with E-state index in [9.17, 15) is 19.2 Å². The van der Waals surface area contributed by atoms with Gasteiger partial charge in [-0.1, -0.05) is 41.5 Å². The number of ether oxygens (including phenoxy) is 2. The summed E-state index contributed by atoms with van der Waals surface area (Å²) in [7, 11) is 2.57. The highest BCUT2D eigenvalue weighted by molar-refractivity contribution is 7.19.